The Kier molecular flexibility index (Phi) is 5.13. The molecule has 1 aliphatic heterocycles. The molecule has 1 aliphatic rings. The zero-order valence-electron chi connectivity index (χ0n) is 15.3. The maximum Gasteiger partial charge on any atom is 0.173 e. The van der Waals surface area contributed by atoms with Gasteiger partial charge in [-0.2, -0.15) is 15.3 Å². The molecule has 2 aromatic heterocycles. The summed E-state index contributed by atoms with van der Waals surface area (Å²) in [6.45, 7) is 4.19. The van der Waals surface area contributed by atoms with Crippen molar-refractivity contribution < 1.29 is 4.39 Å². The normalized spacial score (nSPS) is 17.8. The lowest BCUT2D eigenvalue weighted by atomic mass is 10.2. The van der Waals surface area contributed by atoms with Crippen LogP contribution < -0.4 is 10.7 Å². The maximum absolute atomic E-state index is 14.0. The quantitative estimate of drug-likeness (QED) is 0.683. The summed E-state index contributed by atoms with van der Waals surface area (Å²) >= 11 is 7.57. The number of hydrogen-bond donors (Lipinski definition) is 1. The van der Waals surface area contributed by atoms with Gasteiger partial charge in [0.1, 0.15) is 10.9 Å². The van der Waals surface area contributed by atoms with E-state index in [9.17, 15) is 4.39 Å². The minimum atomic E-state index is -0.394. The fraction of sp³-hybridized carbons (Fsp3) is 0.278. The molecule has 0 fully saturated rings. The van der Waals surface area contributed by atoms with Gasteiger partial charge in [-0.1, -0.05) is 29.4 Å². The molecule has 7 nitrogen and oxygen atoms in total. The predicted octanol–water partition coefficient (Wildman–Crippen LogP) is 3.60. The standard InChI is InChI=1S/C18H19ClFN7S/c1-11-6-9-26(22-11)12(2)17-24-27(18(21)28-17)16-7-8-25(23-16)10-13-14(19)4-3-5-15(13)20/h3-9,12,18H,10,21H2,1-2H3. The number of hydrazone groups is 1. The molecule has 0 bridgehead atoms. The highest BCUT2D eigenvalue weighted by molar-refractivity contribution is 8.14. The highest BCUT2D eigenvalue weighted by Gasteiger charge is 2.30. The third-order valence-electron chi connectivity index (χ3n) is 4.43. The van der Waals surface area contributed by atoms with Crippen LogP contribution in [-0.2, 0) is 6.54 Å². The van der Waals surface area contributed by atoms with E-state index in [1.54, 1.807) is 34.1 Å². The average molecular weight is 420 g/mol. The summed E-state index contributed by atoms with van der Waals surface area (Å²) in [5.41, 5.74) is 7.19. The molecule has 2 unspecified atom stereocenters. The van der Waals surface area contributed by atoms with Crippen LogP contribution in [0.1, 0.15) is 24.2 Å². The lowest BCUT2D eigenvalue weighted by Crippen LogP contribution is -2.32. The summed E-state index contributed by atoms with van der Waals surface area (Å²) in [6.07, 6.45) is 3.67. The van der Waals surface area contributed by atoms with E-state index in [0.29, 0.717) is 16.4 Å². The van der Waals surface area contributed by atoms with Crippen LogP contribution in [0.15, 0.2) is 47.8 Å². The molecular formula is C18H19ClFN7S. The van der Waals surface area contributed by atoms with Crippen LogP contribution in [0.3, 0.4) is 0 Å². The first-order valence-corrected chi connectivity index (χ1v) is 9.96. The van der Waals surface area contributed by atoms with Crippen molar-refractivity contribution in [2.75, 3.05) is 5.01 Å². The Bertz CT molecular complexity index is 1010. The van der Waals surface area contributed by atoms with E-state index in [1.807, 2.05) is 30.8 Å². The highest BCUT2D eigenvalue weighted by Crippen LogP contribution is 2.32. The third kappa shape index (κ3) is 3.65. The van der Waals surface area contributed by atoms with Crippen LogP contribution in [-0.4, -0.2) is 30.1 Å². The number of halogens is 2. The number of rotatable bonds is 5. The Hall–Kier alpha value is -2.36. The average Bonchev–Trinajstić information content (AvgIpc) is 3.37. The van der Waals surface area contributed by atoms with Gasteiger partial charge < -0.3 is 5.73 Å². The van der Waals surface area contributed by atoms with Crippen LogP contribution in [0.25, 0.3) is 0 Å². The minimum absolute atomic E-state index is 0.0333. The summed E-state index contributed by atoms with van der Waals surface area (Å²) in [6, 6.07) is 8.33. The van der Waals surface area contributed by atoms with E-state index in [0.717, 1.165) is 10.7 Å². The summed E-state index contributed by atoms with van der Waals surface area (Å²) in [7, 11) is 0. The van der Waals surface area contributed by atoms with E-state index in [1.165, 1.54) is 17.8 Å². The van der Waals surface area contributed by atoms with Gasteiger partial charge in [0.05, 0.1) is 18.3 Å². The molecule has 3 aromatic rings. The Labute approximate surface area is 171 Å². The molecule has 0 spiro atoms. The van der Waals surface area contributed by atoms with Crippen molar-refractivity contribution in [3.63, 3.8) is 0 Å². The van der Waals surface area contributed by atoms with Gasteiger partial charge in [-0.05, 0) is 32.0 Å². The smallest absolute Gasteiger partial charge is 0.173 e. The summed E-state index contributed by atoms with van der Waals surface area (Å²) < 4.78 is 17.5. The Morgan fingerprint density at radius 2 is 2.07 bits per heavy atom. The molecule has 0 saturated heterocycles. The van der Waals surface area contributed by atoms with Gasteiger partial charge in [-0.25, -0.2) is 9.40 Å². The number of aromatic nitrogens is 4. The molecule has 4 rings (SSSR count). The van der Waals surface area contributed by atoms with Gasteiger partial charge >= 0.3 is 0 Å². The van der Waals surface area contributed by atoms with E-state index < -0.39 is 5.50 Å². The number of anilines is 1. The van der Waals surface area contributed by atoms with Gasteiger partial charge in [0.15, 0.2) is 11.3 Å². The van der Waals surface area contributed by atoms with Crippen LogP contribution >= 0.6 is 23.4 Å². The van der Waals surface area contributed by atoms with Gasteiger partial charge in [-0.3, -0.25) is 9.36 Å². The van der Waals surface area contributed by atoms with Crippen molar-refractivity contribution in [3.05, 3.63) is 64.8 Å². The largest absolute Gasteiger partial charge is 0.301 e. The molecule has 3 heterocycles. The SMILES string of the molecule is Cc1ccn(C(C)C2=NN(c3ccn(Cc4c(F)cccc4Cl)n3)C(N)S2)n1. The number of hydrogen-bond acceptors (Lipinski definition) is 6. The molecule has 28 heavy (non-hydrogen) atoms. The second kappa shape index (κ2) is 7.57. The fourth-order valence-electron chi connectivity index (χ4n) is 2.89. The molecule has 2 N–H and O–H groups in total. The maximum atomic E-state index is 14.0. The molecule has 2 atom stereocenters. The predicted molar refractivity (Wildman–Crippen MR) is 110 cm³/mol. The Morgan fingerprint density at radius 3 is 2.79 bits per heavy atom. The lowest BCUT2D eigenvalue weighted by molar-refractivity contribution is 0.584. The molecule has 10 heteroatoms. The number of nitrogens with zero attached hydrogens (tertiary/aromatic N) is 6. The fourth-order valence-corrected chi connectivity index (χ4v) is 4.06. The van der Waals surface area contributed by atoms with Gasteiger partial charge in [0, 0.05) is 29.0 Å². The Morgan fingerprint density at radius 1 is 1.25 bits per heavy atom. The van der Waals surface area contributed by atoms with Crippen molar-refractivity contribution in [1.29, 1.82) is 0 Å². The van der Waals surface area contributed by atoms with Crippen molar-refractivity contribution >= 4 is 34.2 Å². The van der Waals surface area contributed by atoms with Crippen molar-refractivity contribution in [2.45, 2.75) is 31.9 Å². The van der Waals surface area contributed by atoms with Crippen LogP contribution in [0.5, 0.6) is 0 Å². The highest BCUT2D eigenvalue weighted by atomic mass is 35.5. The van der Waals surface area contributed by atoms with E-state index in [2.05, 4.69) is 15.3 Å². The lowest BCUT2D eigenvalue weighted by Gasteiger charge is -2.15. The molecule has 0 radical (unpaired) electrons. The van der Waals surface area contributed by atoms with Gasteiger partial charge in [-0.15, -0.1) is 0 Å². The summed E-state index contributed by atoms with van der Waals surface area (Å²) in [5.74, 6) is 0.230. The molecule has 1 aromatic carbocycles. The number of aryl methyl sites for hydroxylation is 1. The minimum Gasteiger partial charge on any atom is -0.301 e. The first-order valence-electron chi connectivity index (χ1n) is 8.70. The van der Waals surface area contributed by atoms with Crippen molar-refractivity contribution in [1.82, 2.24) is 19.6 Å². The third-order valence-corrected chi connectivity index (χ3v) is 5.89. The molecule has 146 valence electrons. The van der Waals surface area contributed by atoms with Crippen molar-refractivity contribution in [3.8, 4) is 0 Å². The number of benzene rings is 1. The summed E-state index contributed by atoms with van der Waals surface area (Å²) in [4.78, 5) is 0. The second-order valence-corrected chi connectivity index (χ2v) is 8.02. The molecule has 0 aliphatic carbocycles. The first kappa shape index (κ1) is 19.0. The van der Waals surface area contributed by atoms with E-state index >= 15 is 0 Å². The van der Waals surface area contributed by atoms with Gasteiger partial charge in [0.2, 0.25) is 0 Å². The second-order valence-electron chi connectivity index (χ2n) is 6.48. The van der Waals surface area contributed by atoms with Crippen LogP contribution in [0.2, 0.25) is 5.02 Å². The van der Waals surface area contributed by atoms with Crippen LogP contribution in [0.4, 0.5) is 10.2 Å². The zero-order chi connectivity index (χ0) is 19.8. The van der Waals surface area contributed by atoms with Crippen molar-refractivity contribution in [2.24, 2.45) is 10.8 Å². The van der Waals surface area contributed by atoms with Gasteiger partial charge in [0.25, 0.3) is 0 Å². The molecule has 0 amide bonds. The van der Waals surface area contributed by atoms with E-state index in [4.69, 9.17) is 17.3 Å². The monoisotopic (exact) mass is 419 g/mol. The topological polar surface area (TPSA) is 77.3 Å². The first-order chi connectivity index (χ1) is 13.4. The summed E-state index contributed by atoms with van der Waals surface area (Å²) in [5, 5.41) is 16.4. The zero-order valence-corrected chi connectivity index (χ0v) is 16.9. The number of nitrogens with two attached hydrogens (primary N) is 1. The van der Waals surface area contributed by atoms with Crippen LogP contribution in [0, 0.1) is 12.7 Å². The Balaban J connectivity index is 1.54. The van der Waals surface area contributed by atoms with E-state index in [-0.39, 0.29) is 18.4 Å². The molecule has 0 saturated carbocycles. The number of thioether (sulfide) groups is 1. The molecular weight excluding hydrogens is 401 g/mol.